The Morgan fingerprint density at radius 2 is 2.35 bits per heavy atom. The van der Waals surface area contributed by atoms with E-state index in [1.165, 1.54) is 0 Å². The van der Waals surface area contributed by atoms with Crippen molar-refractivity contribution in [3.8, 4) is 11.5 Å². The maximum atomic E-state index is 11.1. The molecule has 0 aliphatic carbocycles. The monoisotopic (exact) mass is 233 g/mol. The number of nitrogens with one attached hydrogen (secondary N) is 2. The predicted octanol–water partition coefficient (Wildman–Crippen LogP) is 0.378. The van der Waals surface area contributed by atoms with Gasteiger partial charge < -0.3 is 15.1 Å². The van der Waals surface area contributed by atoms with Crippen LogP contribution < -0.4 is 11.5 Å². The molecule has 3 aromatic rings. The van der Waals surface area contributed by atoms with Crippen LogP contribution in [0.25, 0.3) is 17.2 Å². The largest absolute Gasteiger partial charge is 0.417 e. The molecule has 7 nitrogen and oxygen atoms in total. The molecular formula is C10H11N5O2. The molecule has 88 valence electrons. The summed E-state index contributed by atoms with van der Waals surface area (Å²) in [4.78, 5) is 20.9. The normalized spacial score (nSPS) is 11.4. The third-order valence-corrected chi connectivity index (χ3v) is 2.66. The fourth-order valence-electron chi connectivity index (χ4n) is 1.84. The zero-order valence-corrected chi connectivity index (χ0v) is 9.15. The third kappa shape index (κ3) is 1.40. The Kier molecular flexibility index (Phi) is 1.96. The van der Waals surface area contributed by atoms with Crippen LogP contribution in [-0.2, 0) is 6.54 Å². The zero-order chi connectivity index (χ0) is 12.0. The molecule has 7 heteroatoms. The Morgan fingerprint density at radius 3 is 3.00 bits per heavy atom. The lowest BCUT2D eigenvalue weighted by Gasteiger charge is -1.92. The van der Waals surface area contributed by atoms with E-state index in [1.807, 2.05) is 10.6 Å². The van der Waals surface area contributed by atoms with E-state index in [0.717, 1.165) is 5.69 Å². The quantitative estimate of drug-likeness (QED) is 0.594. The van der Waals surface area contributed by atoms with Crippen molar-refractivity contribution in [2.45, 2.75) is 13.5 Å². The molecule has 3 heterocycles. The van der Waals surface area contributed by atoms with Crippen molar-refractivity contribution < 1.29 is 4.42 Å². The van der Waals surface area contributed by atoms with Crippen LogP contribution in [0, 0.1) is 6.92 Å². The van der Waals surface area contributed by atoms with E-state index in [9.17, 15) is 4.79 Å². The highest BCUT2D eigenvalue weighted by molar-refractivity contribution is 5.57. The number of hydrogen-bond acceptors (Lipinski definition) is 4. The number of H-pyrrole nitrogens is 2. The molecule has 0 atom stereocenters. The highest BCUT2D eigenvalue weighted by Crippen LogP contribution is 2.20. The van der Waals surface area contributed by atoms with Crippen molar-refractivity contribution in [2.75, 3.05) is 0 Å². The molecule has 0 spiro atoms. The number of aromatic amines is 2. The first-order valence-electron chi connectivity index (χ1n) is 5.14. The van der Waals surface area contributed by atoms with Crippen molar-refractivity contribution in [1.82, 2.24) is 19.4 Å². The molecule has 17 heavy (non-hydrogen) atoms. The number of imidazole rings is 2. The third-order valence-electron chi connectivity index (χ3n) is 2.66. The molecule has 0 amide bonds. The second-order valence-corrected chi connectivity index (χ2v) is 3.78. The molecule has 0 bridgehead atoms. The summed E-state index contributed by atoms with van der Waals surface area (Å²) in [6.45, 7) is 2.17. The van der Waals surface area contributed by atoms with Crippen LogP contribution in [0.15, 0.2) is 21.6 Å². The average molecular weight is 233 g/mol. The Bertz CT molecular complexity index is 729. The summed E-state index contributed by atoms with van der Waals surface area (Å²) in [5, 5.41) is 0. The van der Waals surface area contributed by atoms with Crippen LogP contribution in [0.5, 0.6) is 0 Å². The van der Waals surface area contributed by atoms with E-state index in [2.05, 4.69) is 15.0 Å². The van der Waals surface area contributed by atoms with Crippen molar-refractivity contribution in [3.63, 3.8) is 0 Å². The van der Waals surface area contributed by atoms with Gasteiger partial charge in [0.1, 0.15) is 5.69 Å². The molecule has 0 saturated heterocycles. The molecule has 0 saturated carbocycles. The van der Waals surface area contributed by atoms with E-state index in [1.54, 1.807) is 13.1 Å². The first-order valence-corrected chi connectivity index (χ1v) is 5.14. The van der Waals surface area contributed by atoms with Crippen LogP contribution in [0.3, 0.4) is 0 Å². The SMILES string of the molecule is Cc1[nH]c(=O)oc1-c1cn2c(CN)cnc2[nH]1. The maximum absolute atomic E-state index is 11.1. The molecule has 3 rings (SSSR count). The van der Waals surface area contributed by atoms with Gasteiger partial charge in [-0.1, -0.05) is 0 Å². The van der Waals surface area contributed by atoms with Gasteiger partial charge in [-0.3, -0.25) is 9.38 Å². The number of rotatable bonds is 2. The molecule has 4 N–H and O–H groups in total. The van der Waals surface area contributed by atoms with Gasteiger partial charge in [0.15, 0.2) is 5.76 Å². The van der Waals surface area contributed by atoms with Gasteiger partial charge in [-0.25, -0.2) is 9.78 Å². The van der Waals surface area contributed by atoms with Crippen LogP contribution in [0.2, 0.25) is 0 Å². The zero-order valence-electron chi connectivity index (χ0n) is 9.15. The maximum Gasteiger partial charge on any atom is 0.417 e. The van der Waals surface area contributed by atoms with E-state index in [0.29, 0.717) is 29.5 Å². The number of aryl methyl sites for hydroxylation is 1. The van der Waals surface area contributed by atoms with Gasteiger partial charge in [-0.2, -0.15) is 0 Å². The molecular weight excluding hydrogens is 222 g/mol. The molecule has 0 aromatic carbocycles. The van der Waals surface area contributed by atoms with Gasteiger partial charge >= 0.3 is 5.76 Å². The van der Waals surface area contributed by atoms with Gasteiger partial charge in [-0.05, 0) is 6.92 Å². The first-order chi connectivity index (χ1) is 8.19. The number of nitrogens with zero attached hydrogens (tertiary/aromatic N) is 2. The molecule has 0 unspecified atom stereocenters. The van der Waals surface area contributed by atoms with E-state index < -0.39 is 5.76 Å². The van der Waals surface area contributed by atoms with Crippen molar-refractivity contribution in [1.29, 1.82) is 0 Å². The molecule has 0 radical (unpaired) electrons. The number of oxazole rings is 1. The van der Waals surface area contributed by atoms with Crippen molar-refractivity contribution >= 4 is 5.78 Å². The predicted molar refractivity (Wildman–Crippen MR) is 60.5 cm³/mol. The van der Waals surface area contributed by atoms with Gasteiger partial charge in [0.25, 0.3) is 0 Å². The number of fused-ring (bicyclic) bond motifs is 1. The summed E-state index contributed by atoms with van der Waals surface area (Å²) in [6.07, 6.45) is 3.51. The summed E-state index contributed by atoms with van der Waals surface area (Å²) in [5.74, 6) is 0.691. The lowest BCUT2D eigenvalue weighted by molar-refractivity contribution is 0.526. The van der Waals surface area contributed by atoms with Crippen LogP contribution >= 0.6 is 0 Å². The number of nitrogens with two attached hydrogens (primary N) is 1. The Hall–Kier alpha value is -2.28. The minimum atomic E-state index is -0.469. The number of aromatic nitrogens is 4. The summed E-state index contributed by atoms with van der Waals surface area (Å²) in [6, 6.07) is 0. The molecule has 3 aromatic heterocycles. The van der Waals surface area contributed by atoms with E-state index in [4.69, 9.17) is 10.2 Å². The lowest BCUT2D eigenvalue weighted by Crippen LogP contribution is -1.98. The highest BCUT2D eigenvalue weighted by Gasteiger charge is 2.13. The summed E-state index contributed by atoms with van der Waals surface area (Å²) >= 11 is 0. The summed E-state index contributed by atoms with van der Waals surface area (Å²) < 4.78 is 6.89. The Labute approximate surface area is 95.3 Å². The van der Waals surface area contributed by atoms with Crippen LogP contribution in [0.4, 0.5) is 0 Å². The average Bonchev–Trinajstić information content (AvgIpc) is 2.91. The topological polar surface area (TPSA) is 105 Å². The van der Waals surface area contributed by atoms with Gasteiger partial charge in [-0.15, -0.1) is 0 Å². The molecule has 0 aliphatic rings. The fraction of sp³-hybridized carbons (Fsp3) is 0.200. The second kappa shape index (κ2) is 3.36. The Balaban J connectivity index is 2.21. The first kappa shape index (κ1) is 9.91. The number of hydrogen-bond donors (Lipinski definition) is 3. The smallest absolute Gasteiger partial charge is 0.406 e. The fourth-order valence-corrected chi connectivity index (χ4v) is 1.84. The highest BCUT2D eigenvalue weighted by atomic mass is 16.4. The van der Waals surface area contributed by atoms with Gasteiger partial charge in [0, 0.05) is 12.7 Å². The molecule has 0 fully saturated rings. The summed E-state index contributed by atoms with van der Waals surface area (Å²) in [7, 11) is 0. The van der Waals surface area contributed by atoms with Crippen LogP contribution in [0.1, 0.15) is 11.4 Å². The van der Waals surface area contributed by atoms with Crippen molar-refractivity contribution in [2.24, 2.45) is 5.73 Å². The molecule has 0 aliphatic heterocycles. The van der Waals surface area contributed by atoms with E-state index in [-0.39, 0.29) is 0 Å². The Morgan fingerprint density at radius 1 is 1.53 bits per heavy atom. The van der Waals surface area contributed by atoms with Gasteiger partial charge in [0.2, 0.25) is 5.78 Å². The standard InChI is InChI=1S/C10H11N5O2/c1-5-8(17-10(16)13-5)7-4-15-6(2-11)3-12-9(15)14-7/h3-4H,2,11H2,1H3,(H,12,14)(H,13,16). The minimum Gasteiger partial charge on any atom is -0.406 e. The van der Waals surface area contributed by atoms with Gasteiger partial charge in [0.05, 0.1) is 17.6 Å². The van der Waals surface area contributed by atoms with Crippen LogP contribution in [-0.4, -0.2) is 19.4 Å². The lowest BCUT2D eigenvalue weighted by atomic mass is 10.3. The van der Waals surface area contributed by atoms with E-state index >= 15 is 0 Å². The summed E-state index contributed by atoms with van der Waals surface area (Å²) in [5.41, 5.74) is 7.84. The second-order valence-electron chi connectivity index (χ2n) is 3.78. The minimum absolute atomic E-state index is 0.397. The van der Waals surface area contributed by atoms with Crippen molar-refractivity contribution in [3.05, 3.63) is 34.3 Å².